The Morgan fingerprint density at radius 3 is 1.00 bits per heavy atom. The van der Waals surface area contributed by atoms with Crippen molar-refractivity contribution < 1.29 is 35.9 Å². The number of hydrogen-bond acceptors (Lipinski definition) is 0. The molecule has 0 bridgehead atoms. The Balaban J connectivity index is 0. The first-order valence-electron chi connectivity index (χ1n) is 0. The van der Waals surface area contributed by atoms with Crippen LogP contribution in [0.4, 0.5) is 0 Å². The molecule has 0 aliphatic heterocycles. The van der Waals surface area contributed by atoms with Crippen molar-refractivity contribution in [2.75, 3.05) is 0 Å². The Kier molecular flexibility index (Phi) is 144. The van der Waals surface area contributed by atoms with E-state index in [0.29, 0.717) is 0 Å². The normalized spacial score (nSPS) is 0. The fourth-order valence-electron chi connectivity index (χ4n) is 0. The molecule has 0 aromatic carbocycles. The van der Waals surface area contributed by atoms with Crippen molar-refractivity contribution in [3.63, 3.8) is 0 Å². The zero-order chi connectivity index (χ0) is 0. The molecule has 0 saturated carbocycles. The van der Waals surface area contributed by atoms with Crippen molar-refractivity contribution in [1.82, 2.24) is 0 Å². The van der Waals surface area contributed by atoms with Gasteiger partial charge in [0.15, 0.2) is 17.4 Å². The molecular weight excluding hydrogens is 249 g/mol. The standard InChI is InChI=1S/Al.Cr.Sn.V.5H. The molecule has 0 amide bonds. The Morgan fingerprint density at radius 2 is 1.00 bits per heavy atom. The van der Waals surface area contributed by atoms with Crippen LogP contribution in [-0.4, -0.2) is 41.3 Å². The van der Waals surface area contributed by atoms with Crippen LogP contribution in [0.15, 0.2) is 0 Å². The van der Waals surface area contributed by atoms with Gasteiger partial charge in [-0.2, -0.15) is 0 Å². The van der Waals surface area contributed by atoms with Crippen LogP contribution in [0, 0.1) is 0 Å². The average molecular weight is 254 g/mol. The second-order valence-electron chi connectivity index (χ2n) is 0. The van der Waals surface area contributed by atoms with Crippen LogP contribution >= 0.6 is 0 Å². The molecule has 0 aromatic rings. The zero-order valence-electron chi connectivity index (χ0n) is 1.56. The summed E-state index contributed by atoms with van der Waals surface area (Å²) in [7, 11) is 0. The minimum absolute atomic E-state index is 0. The molecule has 0 heterocycles. The van der Waals surface area contributed by atoms with E-state index in [-0.39, 0.29) is 77.2 Å². The van der Waals surface area contributed by atoms with Crippen LogP contribution in [0.25, 0.3) is 0 Å². The third-order valence-electron chi connectivity index (χ3n) is 0. The van der Waals surface area contributed by atoms with Gasteiger partial charge in [-0.15, -0.1) is 0 Å². The fraction of sp³-hybridized carbons (Fsp3) is 0. The summed E-state index contributed by atoms with van der Waals surface area (Å²) in [5.74, 6) is 0. The number of hydrogen-bond donors (Lipinski definition) is 0. The van der Waals surface area contributed by atoms with Crippen molar-refractivity contribution in [2.24, 2.45) is 0 Å². The Hall–Kier alpha value is 2.45. The van der Waals surface area contributed by atoms with E-state index in [1.165, 1.54) is 0 Å². The molecule has 0 aliphatic rings. The summed E-state index contributed by atoms with van der Waals surface area (Å²) in [6, 6.07) is 0. The van der Waals surface area contributed by atoms with E-state index in [1.54, 1.807) is 0 Å². The van der Waals surface area contributed by atoms with Crippen molar-refractivity contribution >= 4 is 41.3 Å². The van der Waals surface area contributed by atoms with E-state index < -0.39 is 0 Å². The largest absolute Gasteiger partial charge is 0 e. The smallest absolute Gasteiger partial charge is 0 e. The minimum atomic E-state index is 0. The molecule has 3 radical (unpaired) electrons. The van der Waals surface area contributed by atoms with Crippen LogP contribution in [0.3, 0.4) is 0 Å². The van der Waals surface area contributed by atoms with Crippen molar-refractivity contribution in [3.8, 4) is 0 Å². The van der Waals surface area contributed by atoms with E-state index in [2.05, 4.69) is 0 Å². The van der Waals surface area contributed by atoms with Crippen LogP contribution in [0.1, 0.15) is 0 Å². The molecular formula is H5AlCrSnV. The topological polar surface area (TPSA) is 0 Å². The molecule has 23 valence electrons. The van der Waals surface area contributed by atoms with Gasteiger partial charge in [0.1, 0.15) is 0 Å². The predicted octanol–water partition coefficient (Wildman–Crippen LogP) is -2.11. The average Bonchev–Trinajstić information content (AvgIpc) is 0. The minimum Gasteiger partial charge on any atom is 0 e. The maximum absolute atomic E-state index is 0. The third kappa shape index (κ3) is 8.82. The Bertz CT molecular complexity index is 8.00. The first-order chi connectivity index (χ1) is 0. The van der Waals surface area contributed by atoms with Crippen LogP contribution in [0.2, 0.25) is 0 Å². The molecule has 0 aromatic heterocycles. The maximum atomic E-state index is 0. The molecule has 0 N–H and O–H groups in total. The van der Waals surface area contributed by atoms with E-state index >= 15 is 0 Å². The van der Waals surface area contributed by atoms with Gasteiger partial charge in [0.05, 0.1) is 0 Å². The van der Waals surface area contributed by atoms with Crippen LogP contribution < -0.4 is 0 Å². The molecule has 0 fully saturated rings. The summed E-state index contributed by atoms with van der Waals surface area (Å²) in [6.07, 6.45) is 0. The van der Waals surface area contributed by atoms with E-state index in [1.807, 2.05) is 0 Å². The molecule has 0 aliphatic carbocycles. The second-order valence-corrected chi connectivity index (χ2v) is 0. The predicted molar refractivity (Wildman–Crippen MR) is 18.5 cm³/mol. The van der Waals surface area contributed by atoms with E-state index in [9.17, 15) is 0 Å². The zero-order valence-corrected chi connectivity index (χ0v) is 8.27. The van der Waals surface area contributed by atoms with Gasteiger partial charge in [0.2, 0.25) is 0 Å². The van der Waals surface area contributed by atoms with Gasteiger partial charge in [0, 0.05) is 35.9 Å². The Morgan fingerprint density at radius 1 is 1.00 bits per heavy atom. The second kappa shape index (κ2) is 18.0. The van der Waals surface area contributed by atoms with Crippen molar-refractivity contribution in [3.05, 3.63) is 0 Å². The molecule has 0 nitrogen and oxygen atoms in total. The summed E-state index contributed by atoms with van der Waals surface area (Å²) in [4.78, 5) is 0. The van der Waals surface area contributed by atoms with Crippen LogP contribution in [-0.2, 0) is 35.9 Å². The molecule has 0 unspecified atom stereocenters. The van der Waals surface area contributed by atoms with E-state index in [0.717, 1.165) is 0 Å². The van der Waals surface area contributed by atoms with Gasteiger partial charge in [-0.3, -0.25) is 0 Å². The molecule has 0 atom stereocenters. The molecule has 0 saturated heterocycles. The van der Waals surface area contributed by atoms with E-state index in [4.69, 9.17) is 0 Å². The summed E-state index contributed by atoms with van der Waals surface area (Å²) < 4.78 is 0. The van der Waals surface area contributed by atoms with Gasteiger partial charge >= 0.3 is 23.9 Å². The van der Waals surface area contributed by atoms with Gasteiger partial charge < -0.3 is 0 Å². The van der Waals surface area contributed by atoms with Crippen LogP contribution in [0.5, 0.6) is 0 Å². The first kappa shape index (κ1) is 31.9. The molecule has 4 heteroatoms. The summed E-state index contributed by atoms with van der Waals surface area (Å²) in [5, 5.41) is 0. The molecule has 0 rings (SSSR count). The summed E-state index contributed by atoms with van der Waals surface area (Å²) >= 11 is 0. The van der Waals surface area contributed by atoms with Gasteiger partial charge in [0.25, 0.3) is 0 Å². The maximum Gasteiger partial charge on any atom is 0 e. The van der Waals surface area contributed by atoms with Crippen molar-refractivity contribution in [2.45, 2.75) is 0 Å². The third-order valence-corrected chi connectivity index (χ3v) is 0. The van der Waals surface area contributed by atoms with Gasteiger partial charge in [-0.1, -0.05) is 0 Å². The Labute approximate surface area is 76.2 Å². The summed E-state index contributed by atoms with van der Waals surface area (Å²) in [5.41, 5.74) is 0. The monoisotopic (exact) mass is 255 g/mol. The van der Waals surface area contributed by atoms with Gasteiger partial charge in [-0.25, -0.2) is 0 Å². The fourth-order valence-corrected chi connectivity index (χ4v) is 0. The quantitative estimate of drug-likeness (QED) is 0.434. The molecule has 4 heavy (non-hydrogen) atoms. The van der Waals surface area contributed by atoms with Crippen molar-refractivity contribution in [1.29, 1.82) is 0 Å². The number of rotatable bonds is 0. The summed E-state index contributed by atoms with van der Waals surface area (Å²) in [6.45, 7) is 0. The molecule has 0 spiro atoms. The van der Waals surface area contributed by atoms with Gasteiger partial charge in [-0.05, 0) is 0 Å². The first-order valence-corrected chi connectivity index (χ1v) is 0. The SMILES string of the molecule is [AlH3].[Cr].[SnH2].[V].